The Labute approximate surface area is 237 Å². The van der Waals surface area contributed by atoms with Gasteiger partial charge in [-0.25, -0.2) is 4.79 Å². The van der Waals surface area contributed by atoms with Crippen LogP contribution in [0.4, 0.5) is 0 Å². The molecule has 0 amide bonds. The standard InChI is InChI=1S/C34H40O6/c1-5-6-8-18-31(39-33(36)32-24(2)13-11-17-28(32)35)30(37-22-25-14-9-7-10-15-25)21-20-26-16-12-19-29-27(26)23-38-34(3,4)40-29/h7,9-17,19-21,30-31,35H,5-6,8,18,22-23H2,1-4H3/b21-20+/t30-,31+/m1/s1. The number of phenolic OH excluding ortho intramolecular Hbond substituents is 1. The van der Waals surface area contributed by atoms with E-state index >= 15 is 0 Å². The van der Waals surface area contributed by atoms with Gasteiger partial charge in [0.05, 0.1) is 13.2 Å². The SMILES string of the molecule is CCCCC[C@H](OC(=O)c1c(C)cccc1O)[C@@H](/C=C/c1cccc2c1COC(C)(C)O2)OCc1ccccc1. The topological polar surface area (TPSA) is 74.2 Å². The van der Waals surface area contributed by atoms with Crippen molar-refractivity contribution in [2.45, 2.75) is 84.6 Å². The highest BCUT2D eigenvalue weighted by atomic mass is 16.7. The Bertz CT molecular complexity index is 1280. The maximum atomic E-state index is 13.3. The van der Waals surface area contributed by atoms with Crippen LogP contribution in [0.25, 0.3) is 6.08 Å². The van der Waals surface area contributed by atoms with Gasteiger partial charge in [-0.1, -0.05) is 86.5 Å². The zero-order valence-corrected chi connectivity index (χ0v) is 23.9. The summed E-state index contributed by atoms with van der Waals surface area (Å²) in [5.74, 6) is -0.536. The van der Waals surface area contributed by atoms with Gasteiger partial charge in [0, 0.05) is 19.4 Å². The number of hydrogen-bond acceptors (Lipinski definition) is 6. The third-order valence-corrected chi connectivity index (χ3v) is 7.01. The lowest BCUT2D eigenvalue weighted by molar-refractivity contribution is -0.180. The predicted molar refractivity (Wildman–Crippen MR) is 156 cm³/mol. The molecule has 4 rings (SSSR count). The largest absolute Gasteiger partial charge is 0.507 e. The molecule has 3 aromatic rings. The number of benzene rings is 3. The molecule has 0 saturated carbocycles. The summed E-state index contributed by atoms with van der Waals surface area (Å²) in [6, 6.07) is 20.9. The van der Waals surface area contributed by atoms with E-state index in [1.165, 1.54) is 6.07 Å². The number of esters is 1. The predicted octanol–water partition coefficient (Wildman–Crippen LogP) is 7.75. The quantitative estimate of drug-likeness (QED) is 0.186. The van der Waals surface area contributed by atoms with E-state index in [9.17, 15) is 9.90 Å². The Morgan fingerprint density at radius 3 is 2.58 bits per heavy atom. The maximum absolute atomic E-state index is 13.3. The Kier molecular flexibility index (Phi) is 10.0. The van der Waals surface area contributed by atoms with Crippen LogP contribution in [-0.2, 0) is 27.4 Å². The van der Waals surface area contributed by atoms with E-state index in [4.69, 9.17) is 18.9 Å². The second-order valence-electron chi connectivity index (χ2n) is 10.6. The first-order chi connectivity index (χ1) is 19.3. The molecule has 0 fully saturated rings. The number of aryl methyl sites for hydroxylation is 1. The number of carbonyl (C=O) groups excluding carboxylic acids is 1. The zero-order valence-electron chi connectivity index (χ0n) is 23.9. The summed E-state index contributed by atoms with van der Waals surface area (Å²) >= 11 is 0. The number of phenols is 1. The Hall–Kier alpha value is -3.61. The average Bonchev–Trinajstić information content (AvgIpc) is 2.92. The van der Waals surface area contributed by atoms with Gasteiger partial charge in [-0.15, -0.1) is 0 Å². The summed E-state index contributed by atoms with van der Waals surface area (Å²) < 4.78 is 24.5. The van der Waals surface area contributed by atoms with E-state index in [2.05, 4.69) is 6.92 Å². The van der Waals surface area contributed by atoms with Gasteiger partial charge in [-0.3, -0.25) is 0 Å². The second kappa shape index (κ2) is 13.6. The van der Waals surface area contributed by atoms with Crippen LogP contribution in [0, 0.1) is 6.92 Å². The van der Waals surface area contributed by atoms with E-state index in [1.54, 1.807) is 19.1 Å². The fraction of sp³-hybridized carbons (Fsp3) is 0.382. The van der Waals surface area contributed by atoms with Gasteiger partial charge in [0.25, 0.3) is 0 Å². The van der Waals surface area contributed by atoms with Crippen molar-refractivity contribution in [1.29, 1.82) is 0 Å². The lowest BCUT2D eigenvalue weighted by atomic mass is 10.0. The molecule has 1 aliphatic rings. The summed E-state index contributed by atoms with van der Waals surface area (Å²) in [6.45, 7) is 8.51. The smallest absolute Gasteiger partial charge is 0.342 e. The van der Waals surface area contributed by atoms with Gasteiger partial charge in [0.15, 0.2) is 0 Å². The molecule has 0 spiro atoms. The molecule has 0 aliphatic carbocycles. The molecule has 0 radical (unpaired) electrons. The molecule has 0 unspecified atom stereocenters. The Morgan fingerprint density at radius 1 is 1.05 bits per heavy atom. The van der Waals surface area contributed by atoms with E-state index in [0.717, 1.165) is 41.7 Å². The molecule has 6 heteroatoms. The van der Waals surface area contributed by atoms with Gasteiger partial charge in [0.1, 0.15) is 29.3 Å². The van der Waals surface area contributed by atoms with Crippen LogP contribution >= 0.6 is 0 Å². The molecule has 40 heavy (non-hydrogen) atoms. The van der Waals surface area contributed by atoms with E-state index < -0.39 is 24.0 Å². The molecular weight excluding hydrogens is 504 g/mol. The highest BCUT2D eigenvalue weighted by Crippen LogP contribution is 2.34. The number of hydrogen-bond donors (Lipinski definition) is 1. The van der Waals surface area contributed by atoms with Gasteiger partial charge >= 0.3 is 5.97 Å². The van der Waals surface area contributed by atoms with E-state index in [-0.39, 0.29) is 11.3 Å². The lowest BCUT2D eigenvalue weighted by Crippen LogP contribution is -2.35. The maximum Gasteiger partial charge on any atom is 0.342 e. The van der Waals surface area contributed by atoms with Crippen molar-refractivity contribution in [2.24, 2.45) is 0 Å². The summed E-state index contributed by atoms with van der Waals surface area (Å²) in [5.41, 5.74) is 3.79. The molecule has 6 nitrogen and oxygen atoms in total. The van der Waals surface area contributed by atoms with Crippen molar-refractivity contribution in [3.63, 3.8) is 0 Å². The van der Waals surface area contributed by atoms with E-state index in [1.807, 2.05) is 74.5 Å². The van der Waals surface area contributed by atoms with E-state index in [0.29, 0.717) is 25.2 Å². The first-order valence-corrected chi connectivity index (χ1v) is 14.1. The normalized spacial score (nSPS) is 15.7. The van der Waals surface area contributed by atoms with Crippen molar-refractivity contribution < 1.29 is 28.8 Å². The van der Waals surface area contributed by atoms with Crippen molar-refractivity contribution in [3.8, 4) is 11.5 Å². The number of fused-ring (bicyclic) bond motifs is 1. The van der Waals surface area contributed by atoms with Gasteiger partial charge < -0.3 is 24.1 Å². The number of carbonyl (C=O) groups is 1. The first kappa shape index (κ1) is 29.4. The van der Waals surface area contributed by atoms with Crippen LogP contribution in [0.1, 0.15) is 79.1 Å². The van der Waals surface area contributed by atoms with Crippen molar-refractivity contribution in [2.75, 3.05) is 0 Å². The number of ether oxygens (including phenoxy) is 4. The fourth-order valence-electron chi connectivity index (χ4n) is 4.78. The lowest BCUT2D eigenvalue weighted by Gasteiger charge is -2.33. The number of rotatable bonds is 12. The molecule has 1 N–H and O–H groups in total. The van der Waals surface area contributed by atoms with Crippen LogP contribution in [0.5, 0.6) is 11.5 Å². The molecule has 3 aromatic carbocycles. The minimum Gasteiger partial charge on any atom is -0.507 e. The van der Waals surface area contributed by atoms with Crippen LogP contribution in [0.2, 0.25) is 0 Å². The van der Waals surface area contributed by atoms with Gasteiger partial charge in [-0.2, -0.15) is 0 Å². The van der Waals surface area contributed by atoms with Crippen molar-refractivity contribution >= 4 is 12.0 Å². The third kappa shape index (κ3) is 7.74. The van der Waals surface area contributed by atoms with Crippen LogP contribution in [0.15, 0.2) is 72.8 Å². The molecule has 0 aromatic heterocycles. The highest BCUT2D eigenvalue weighted by molar-refractivity contribution is 5.94. The minimum absolute atomic E-state index is 0.0894. The summed E-state index contributed by atoms with van der Waals surface area (Å²) in [7, 11) is 0. The third-order valence-electron chi connectivity index (χ3n) is 7.01. The zero-order chi connectivity index (χ0) is 28.5. The van der Waals surface area contributed by atoms with Gasteiger partial charge in [-0.05, 0) is 48.6 Å². The van der Waals surface area contributed by atoms with Crippen molar-refractivity contribution in [1.82, 2.24) is 0 Å². The highest BCUT2D eigenvalue weighted by Gasteiger charge is 2.29. The first-order valence-electron chi connectivity index (χ1n) is 14.1. The second-order valence-corrected chi connectivity index (χ2v) is 10.6. The molecule has 0 bridgehead atoms. The van der Waals surface area contributed by atoms with Crippen LogP contribution in [0.3, 0.4) is 0 Å². The van der Waals surface area contributed by atoms with Crippen LogP contribution < -0.4 is 4.74 Å². The molecule has 2 atom stereocenters. The molecule has 0 saturated heterocycles. The summed E-state index contributed by atoms with van der Waals surface area (Å²) in [4.78, 5) is 13.3. The Morgan fingerprint density at radius 2 is 1.82 bits per heavy atom. The molecule has 1 aliphatic heterocycles. The average molecular weight is 545 g/mol. The van der Waals surface area contributed by atoms with Crippen molar-refractivity contribution in [3.05, 3.63) is 101 Å². The Balaban J connectivity index is 1.64. The molecular formula is C34H40O6. The van der Waals surface area contributed by atoms with Gasteiger partial charge in [0.2, 0.25) is 5.79 Å². The summed E-state index contributed by atoms with van der Waals surface area (Å²) in [6.07, 6.45) is 6.43. The molecule has 212 valence electrons. The number of unbranched alkanes of at least 4 members (excludes halogenated alkanes) is 2. The summed E-state index contributed by atoms with van der Waals surface area (Å²) in [5, 5.41) is 10.4. The minimum atomic E-state index is -0.684. The number of aromatic hydroxyl groups is 1. The monoisotopic (exact) mass is 544 g/mol. The van der Waals surface area contributed by atoms with Crippen LogP contribution in [-0.4, -0.2) is 29.1 Å². The fourth-order valence-corrected chi connectivity index (χ4v) is 4.78. The molecule has 1 heterocycles.